The van der Waals surface area contributed by atoms with E-state index in [9.17, 15) is 0 Å². The monoisotopic (exact) mass is 298 g/mol. The van der Waals surface area contributed by atoms with Crippen LogP contribution in [0.2, 0.25) is 0 Å². The number of anilines is 2. The predicted molar refractivity (Wildman–Crippen MR) is 86.8 cm³/mol. The molecule has 0 amide bonds. The molecule has 5 nitrogen and oxygen atoms in total. The fraction of sp³-hybridized carbons (Fsp3) is 0.714. The van der Waals surface area contributed by atoms with E-state index in [1.54, 1.807) is 11.8 Å². The molecule has 0 saturated carbocycles. The smallest absolute Gasteiger partial charge is 0.191 e. The highest BCUT2D eigenvalue weighted by Gasteiger charge is 2.17. The number of nitrogens with zero attached hydrogens (tertiary/aromatic N) is 2. The standard InChI is InChI=1S/C14H26N4OS/c1-6-8-15-11-9-12(18-13(17-11)20-5)16-10-14(3,4)19-7-2/h9H,6-8,10H2,1-5H3,(H2,15,16,17,18). The van der Waals surface area contributed by atoms with Crippen molar-refractivity contribution in [1.82, 2.24) is 9.97 Å². The molecular formula is C14H26N4OS. The van der Waals surface area contributed by atoms with E-state index < -0.39 is 0 Å². The molecule has 1 aromatic rings. The summed E-state index contributed by atoms with van der Waals surface area (Å²) in [7, 11) is 0. The van der Waals surface area contributed by atoms with Crippen LogP contribution < -0.4 is 10.6 Å². The minimum Gasteiger partial charge on any atom is -0.374 e. The Bertz CT molecular complexity index is 412. The Morgan fingerprint density at radius 3 is 2.40 bits per heavy atom. The van der Waals surface area contributed by atoms with Crippen molar-refractivity contribution in [2.45, 2.75) is 44.9 Å². The van der Waals surface area contributed by atoms with Crippen LogP contribution >= 0.6 is 11.8 Å². The molecule has 6 heteroatoms. The zero-order valence-electron chi connectivity index (χ0n) is 13.1. The quantitative estimate of drug-likeness (QED) is 0.539. The number of hydrogen-bond acceptors (Lipinski definition) is 6. The van der Waals surface area contributed by atoms with Crippen LogP contribution in [0.4, 0.5) is 11.6 Å². The van der Waals surface area contributed by atoms with Gasteiger partial charge < -0.3 is 15.4 Å². The van der Waals surface area contributed by atoms with E-state index in [2.05, 4.69) is 41.4 Å². The molecule has 0 fully saturated rings. The average Bonchev–Trinajstić information content (AvgIpc) is 2.43. The number of thioether (sulfide) groups is 1. The molecule has 0 aromatic carbocycles. The largest absolute Gasteiger partial charge is 0.374 e. The summed E-state index contributed by atoms with van der Waals surface area (Å²) in [5, 5.41) is 7.39. The SMILES string of the molecule is CCCNc1cc(NCC(C)(C)OCC)nc(SC)n1. The molecular weight excluding hydrogens is 272 g/mol. The summed E-state index contributed by atoms with van der Waals surface area (Å²) in [6.45, 7) is 10.6. The molecule has 0 aliphatic carbocycles. The van der Waals surface area contributed by atoms with Gasteiger partial charge in [-0.05, 0) is 33.4 Å². The third kappa shape index (κ3) is 5.96. The summed E-state index contributed by atoms with van der Waals surface area (Å²) in [5.41, 5.74) is -0.212. The molecule has 0 saturated heterocycles. The van der Waals surface area contributed by atoms with Crippen molar-refractivity contribution < 1.29 is 4.74 Å². The first-order chi connectivity index (χ1) is 9.50. The highest BCUT2D eigenvalue weighted by atomic mass is 32.2. The summed E-state index contributed by atoms with van der Waals surface area (Å²) in [6.07, 6.45) is 3.05. The first kappa shape index (κ1) is 17.0. The predicted octanol–water partition coefficient (Wildman–Crippen LogP) is 3.25. The normalized spacial score (nSPS) is 11.4. The van der Waals surface area contributed by atoms with Gasteiger partial charge in [-0.2, -0.15) is 0 Å². The van der Waals surface area contributed by atoms with Crippen LogP contribution in [0.1, 0.15) is 34.1 Å². The summed E-state index contributed by atoms with van der Waals surface area (Å²) < 4.78 is 5.68. The van der Waals surface area contributed by atoms with Crippen molar-refractivity contribution in [2.24, 2.45) is 0 Å². The number of aromatic nitrogens is 2. The second-order valence-corrected chi connectivity index (χ2v) is 5.87. The van der Waals surface area contributed by atoms with E-state index in [1.165, 1.54) is 0 Å². The summed E-state index contributed by atoms with van der Waals surface area (Å²) in [6, 6.07) is 1.94. The molecule has 20 heavy (non-hydrogen) atoms. The van der Waals surface area contributed by atoms with Crippen LogP contribution in [0.3, 0.4) is 0 Å². The molecule has 0 aliphatic heterocycles. The molecule has 1 aromatic heterocycles. The van der Waals surface area contributed by atoms with E-state index in [4.69, 9.17) is 4.74 Å². The Labute approximate surface area is 126 Å². The van der Waals surface area contributed by atoms with Gasteiger partial charge in [0.25, 0.3) is 0 Å². The van der Waals surface area contributed by atoms with Gasteiger partial charge >= 0.3 is 0 Å². The molecule has 0 unspecified atom stereocenters. The molecule has 0 aliphatic rings. The maximum absolute atomic E-state index is 5.68. The molecule has 0 bridgehead atoms. The van der Waals surface area contributed by atoms with Gasteiger partial charge in [-0.15, -0.1) is 0 Å². The van der Waals surface area contributed by atoms with E-state index in [1.807, 2.05) is 19.2 Å². The second-order valence-electron chi connectivity index (χ2n) is 5.10. The van der Waals surface area contributed by atoms with Crippen LogP contribution in [0.5, 0.6) is 0 Å². The van der Waals surface area contributed by atoms with Crippen LogP contribution in [-0.4, -0.2) is 41.5 Å². The van der Waals surface area contributed by atoms with Crippen LogP contribution in [0, 0.1) is 0 Å². The summed E-state index contributed by atoms with van der Waals surface area (Å²) in [5.74, 6) is 1.69. The van der Waals surface area contributed by atoms with Gasteiger partial charge in [-0.1, -0.05) is 18.7 Å². The van der Waals surface area contributed by atoms with Gasteiger partial charge in [0.05, 0.1) is 5.60 Å². The zero-order chi connectivity index (χ0) is 15.0. The first-order valence-electron chi connectivity index (χ1n) is 7.05. The minimum absolute atomic E-state index is 0.212. The minimum atomic E-state index is -0.212. The molecule has 1 rings (SSSR count). The number of nitrogens with one attached hydrogen (secondary N) is 2. The van der Waals surface area contributed by atoms with Crippen LogP contribution in [0.25, 0.3) is 0 Å². The summed E-state index contributed by atoms with van der Waals surface area (Å²) in [4.78, 5) is 8.91. The van der Waals surface area contributed by atoms with E-state index >= 15 is 0 Å². The highest BCUT2D eigenvalue weighted by Crippen LogP contribution is 2.18. The Kier molecular flexibility index (Phi) is 7.09. The lowest BCUT2D eigenvalue weighted by molar-refractivity contribution is 0.000633. The van der Waals surface area contributed by atoms with E-state index in [0.29, 0.717) is 13.2 Å². The van der Waals surface area contributed by atoms with Crippen molar-refractivity contribution in [1.29, 1.82) is 0 Å². The molecule has 0 radical (unpaired) electrons. The van der Waals surface area contributed by atoms with Crippen LogP contribution in [-0.2, 0) is 4.74 Å². The number of hydrogen-bond donors (Lipinski definition) is 2. The highest BCUT2D eigenvalue weighted by molar-refractivity contribution is 7.98. The van der Waals surface area contributed by atoms with E-state index in [0.717, 1.165) is 29.8 Å². The second kappa shape index (κ2) is 8.32. The van der Waals surface area contributed by atoms with Gasteiger partial charge in [0, 0.05) is 25.8 Å². The van der Waals surface area contributed by atoms with Crippen molar-refractivity contribution in [3.05, 3.63) is 6.07 Å². The lowest BCUT2D eigenvalue weighted by atomic mass is 10.1. The number of ether oxygens (including phenoxy) is 1. The molecule has 1 heterocycles. The van der Waals surface area contributed by atoms with Gasteiger partial charge in [-0.3, -0.25) is 0 Å². The third-order valence-corrected chi connectivity index (χ3v) is 3.22. The first-order valence-corrected chi connectivity index (χ1v) is 8.28. The van der Waals surface area contributed by atoms with Crippen molar-refractivity contribution in [3.8, 4) is 0 Å². The fourth-order valence-corrected chi connectivity index (χ4v) is 2.08. The maximum atomic E-state index is 5.68. The van der Waals surface area contributed by atoms with Gasteiger partial charge in [0.2, 0.25) is 0 Å². The van der Waals surface area contributed by atoms with Gasteiger partial charge in [0.1, 0.15) is 11.6 Å². The Morgan fingerprint density at radius 1 is 1.20 bits per heavy atom. The fourth-order valence-electron chi connectivity index (χ4n) is 1.70. The lowest BCUT2D eigenvalue weighted by Gasteiger charge is -2.25. The molecule has 0 atom stereocenters. The van der Waals surface area contributed by atoms with Gasteiger partial charge in [0.15, 0.2) is 5.16 Å². The lowest BCUT2D eigenvalue weighted by Crippen LogP contribution is -2.33. The Hall–Kier alpha value is -1.01. The molecule has 2 N–H and O–H groups in total. The maximum Gasteiger partial charge on any atom is 0.191 e. The van der Waals surface area contributed by atoms with E-state index in [-0.39, 0.29) is 5.60 Å². The average molecular weight is 298 g/mol. The Balaban J connectivity index is 2.73. The summed E-state index contributed by atoms with van der Waals surface area (Å²) >= 11 is 1.54. The van der Waals surface area contributed by atoms with Crippen molar-refractivity contribution in [3.63, 3.8) is 0 Å². The third-order valence-electron chi connectivity index (χ3n) is 2.67. The van der Waals surface area contributed by atoms with Crippen molar-refractivity contribution in [2.75, 3.05) is 36.6 Å². The zero-order valence-corrected chi connectivity index (χ0v) is 13.9. The number of rotatable bonds is 9. The molecule has 114 valence electrons. The Morgan fingerprint density at radius 2 is 1.85 bits per heavy atom. The van der Waals surface area contributed by atoms with Crippen LogP contribution in [0.15, 0.2) is 11.2 Å². The van der Waals surface area contributed by atoms with Crippen molar-refractivity contribution >= 4 is 23.4 Å². The molecule has 0 spiro atoms. The van der Waals surface area contributed by atoms with Gasteiger partial charge in [-0.25, -0.2) is 9.97 Å². The topological polar surface area (TPSA) is 59.1 Å².